The lowest BCUT2D eigenvalue weighted by Gasteiger charge is -2.09. The monoisotopic (exact) mass is 321 g/mol. The largest absolute Gasteiger partial charge is 0.463 e. The highest BCUT2D eigenvalue weighted by atomic mass is 32.1. The van der Waals surface area contributed by atoms with Crippen LogP contribution in [0.25, 0.3) is 0 Å². The molecule has 0 atom stereocenters. The summed E-state index contributed by atoms with van der Waals surface area (Å²) in [6, 6.07) is 8.47. The van der Waals surface area contributed by atoms with Gasteiger partial charge in [-0.2, -0.15) is 0 Å². The van der Waals surface area contributed by atoms with E-state index in [1.807, 2.05) is 0 Å². The average Bonchev–Trinajstić information content (AvgIpc) is 2.52. The van der Waals surface area contributed by atoms with E-state index in [1.165, 1.54) is 0 Å². The van der Waals surface area contributed by atoms with Gasteiger partial charge in [-0.15, -0.1) is 0 Å². The molecule has 0 saturated heterocycles. The van der Waals surface area contributed by atoms with Gasteiger partial charge < -0.3 is 4.74 Å². The van der Waals surface area contributed by atoms with Gasteiger partial charge in [-0.1, -0.05) is 18.2 Å². The van der Waals surface area contributed by atoms with Crippen LogP contribution in [0.15, 0.2) is 42.5 Å². The molecular formula is C14H15N3O4S. The molecule has 0 aliphatic rings. The third-order valence-electron chi connectivity index (χ3n) is 2.22. The van der Waals surface area contributed by atoms with Crippen molar-refractivity contribution < 1.29 is 19.1 Å². The molecule has 0 heterocycles. The highest BCUT2D eigenvalue weighted by molar-refractivity contribution is 7.80. The molecule has 22 heavy (non-hydrogen) atoms. The zero-order valence-corrected chi connectivity index (χ0v) is 12.6. The van der Waals surface area contributed by atoms with E-state index in [9.17, 15) is 14.4 Å². The molecule has 0 bridgehead atoms. The van der Waals surface area contributed by atoms with Crippen LogP contribution in [0, 0.1) is 0 Å². The fourth-order valence-corrected chi connectivity index (χ4v) is 1.45. The maximum atomic E-state index is 11.7. The summed E-state index contributed by atoms with van der Waals surface area (Å²) in [5.41, 5.74) is 5.14. The van der Waals surface area contributed by atoms with Crippen molar-refractivity contribution in [2.24, 2.45) is 0 Å². The predicted molar refractivity (Wildman–Crippen MR) is 83.6 cm³/mol. The molecule has 0 aromatic heterocycles. The van der Waals surface area contributed by atoms with Crippen LogP contribution in [-0.4, -0.2) is 29.5 Å². The molecule has 1 rings (SSSR count). The van der Waals surface area contributed by atoms with Crippen LogP contribution in [0.1, 0.15) is 17.3 Å². The van der Waals surface area contributed by atoms with Crippen molar-refractivity contribution in [1.82, 2.24) is 16.2 Å². The number of carbonyl (C=O) groups excluding carboxylic acids is 3. The summed E-state index contributed by atoms with van der Waals surface area (Å²) in [5.74, 6) is -1.66. The summed E-state index contributed by atoms with van der Waals surface area (Å²) < 4.78 is 4.61. The molecule has 3 N–H and O–H groups in total. The fraction of sp³-hybridized carbons (Fsp3) is 0.143. The summed E-state index contributed by atoms with van der Waals surface area (Å²) in [7, 11) is 0. The predicted octanol–water partition coefficient (Wildman–Crippen LogP) is 0.441. The van der Waals surface area contributed by atoms with Crippen LogP contribution < -0.4 is 16.2 Å². The van der Waals surface area contributed by atoms with Crippen LogP contribution >= 0.6 is 12.2 Å². The summed E-state index contributed by atoms with van der Waals surface area (Å²) in [6.07, 6.45) is 1.95. The topological polar surface area (TPSA) is 96.5 Å². The molecule has 7 nitrogen and oxygen atoms in total. The third kappa shape index (κ3) is 6.62. The minimum atomic E-state index is -0.631. The van der Waals surface area contributed by atoms with E-state index in [2.05, 4.69) is 20.9 Å². The van der Waals surface area contributed by atoms with Gasteiger partial charge in [0.15, 0.2) is 5.11 Å². The molecule has 2 amide bonds. The first-order valence-electron chi connectivity index (χ1n) is 6.34. The minimum Gasteiger partial charge on any atom is -0.463 e. The molecule has 1 aromatic rings. The number of amides is 2. The molecule has 116 valence electrons. The lowest BCUT2D eigenvalue weighted by molar-refractivity contribution is -0.137. The number of thiocarbonyl (C=S) groups is 1. The fourth-order valence-electron chi connectivity index (χ4n) is 1.29. The quantitative estimate of drug-likeness (QED) is 0.322. The Morgan fingerprint density at radius 3 is 2.45 bits per heavy atom. The van der Waals surface area contributed by atoms with Gasteiger partial charge in [-0.25, -0.2) is 4.79 Å². The highest BCUT2D eigenvalue weighted by Crippen LogP contribution is 1.96. The lowest BCUT2D eigenvalue weighted by Crippen LogP contribution is -2.48. The van der Waals surface area contributed by atoms with E-state index in [4.69, 9.17) is 12.2 Å². The van der Waals surface area contributed by atoms with Crippen molar-refractivity contribution in [3.8, 4) is 0 Å². The maximum Gasteiger partial charge on any atom is 0.330 e. The summed E-state index contributed by atoms with van der Waals surface area (Å²) in [5, 5.41) is 2.15. The number of hydrazine groups is 1. The molecule has 0 spiro atoms. The molecule has 0 aliphatic carbocycles. The number of carbonyl (C=O) groups is 3. The number of benzene rings is 1. The molecule has 0 aliphatic heterocycles. The van der Waals surface area contributed by atoms with E-state index in [1.54, 1.807) is 37.3 Å². The molecule has 0 unspecified atom stereocenters. The van der Waals surface area contributed by atoms with Crippen molar-refractivity contribution in [3.05, 3.63) is 48.0 Å². The number of nitrogens with one attached hydrogen (secondary N) is 3. The van der Waals surface area contributed by atoms with Crippen molar-refractivity contribution in [2.75, 3.05) is 6.61 Å². The summed E-state index contributed by atoms with van der Waals surface area (Å²) >= 11 is 4.82. The second-order valence-corrected chi connectivity index (χ2v) is 4.26. The number of hydrogen-bond acceptors (Lipinski definition) is 5. The van der Waals surface area contributed by atoms with E-state index in [0.717, 1.165) is 12.2 Å². The van der Waals surface area contributed by atoms with Crippen molar-refractivity contribution >= 4 is 35.1 Å². The smallest absolute Gasteiger partial charge is 0.330 e. The zero-order valence-electron chi connectivity index (χ0n) is 11.8. The SMILES string of the molecule is CCOC(=O)/C=C/C(=O)NC(=S)NNC(=O)c1ccccc1. The van der Waals surface area contributed by atoms with Crippen LogP contribution in [0.5, 0.6) is 0 Å². The highest BCUT2D eigenvalue weighted by Gasteiger charge is 2.06. The average molecular weight is 321 g/mol. The van der Waals surface area contributed by atoms with E-state index >= 15 is 0 Å². The van der Waals surface area contributed by atoms with Gasteiger partial charge >= 0.3 is 5.97 Å². The Labute approximate surface area is 132 Å². The first-order chi connectivity index (χ1) is 10.5. The number of hydrogen-bond donors (Lipinski definition) is 3. The molecule has 0 radical (unpaired) electrons. The van der Waals surface area contributed by atoms with Gasteiger partial charge in [0.1, 0.15) is 0 Å². The van der Waals surface area contributed by atoms with Gasteiger partial charge in [0, 0.05) is 17.7 Å². The lowest BCUT2D eigenvalue weighted by atomic mass is 10.2. The maximum absolute atomic E-state index is 11.7. The Kier molecular flexibility index (Phi) is 7.27. The Bertz CT molecular complexity index is 587. The second kappa shape index (κ2) is 9.24. The number of esters is 1. The third-order valence-corrected chi connectivity index (χ3v) is 2.42. The Morgan fingerprint density at radius 1 is 1.14 bits per heavy atom. The number of rotatable bonds is 4. The van der Waals surface area contributed by atoms with Crippen LogP contribution in [0.4, 0.5) is 0 Å². The number of ether oxygens (including phenoxy) is 1. The van der Waals surface area contributed by atoms with Crippen LogP contribution in [0.2, 0.25) is 0 Å². The normalized spacial score (nSPS) is 9.86. The standard InChI is InChI=1S/C14H15N3O4S/c1-2-21-12(19)9-8-11(18)15-14(22)17-16-13(20)10-6-4-3-5-7-10/h3-9H,2H2,1H3,(H,16,20)(H2,15,17,18,22)/b9-8+. The van der Waals surface area contributed by atoms with Crippen molar-refractivity contribution in [3.63, 3.8) is 0 Å². The minimum absolute atomic E-state index is 0.109. The Balaban J connectivity index is 2.36. The van der Waals surface area contributed by atoms with E-state index in [-0.39, 0.29) is 11.7 Å². The summed E-state index contributed by atoms with van der Waals surface area (Å²) in [6.45, 7) is 1.87. The van der Waals surface area contributed by atoms with E-state index < -0.39 is 17.8 Å². The second-order valence-electron chi connectivity index (χ2n) is 3.85. The molecular weight excluding hydrogens is 306 g/mol. The van der Waals surface area contributed by atoms with Crippen molar-refractivity contribution in [2.45, 2.75) is 6.92 Å². The zero-order chi connectivity index (χ0) is 16.4. The summed E-state index contributed by atoms with van der Waals surface area (Å²) in [4.78, 5) is 34.1. The first-order valence-corrected chi connectivity index (χ1v) is 6.75. The van der Waals surface area contributed by atoms with Crippen LogP contribution in [-0.2, 0) is 14.3 Å². The Hall–Kier alpha value is -2.74. The molecule has 0 fully saturated rings. The van der Waals surface area contributed by atoms with Crippen molar-refractivity contribution in [1.29, 1.82) is 0 Å². The molecule has 1 aromatic carbocycles. The molecule has 8 heteroatoms. The van der Waals surface area contributed by atoms with Gasteiger partial charge in [0.2, 0.25) is 5.91 Å². The van der Waals surface area contributed by atoms with E-state index in [0.29, 0.717) is 5.56 Å². The van der Waals surface area contributed by atoms with Gasteiger partial charge in [0.05, 0.1) is 6.61 Å². The van der Waals surface area contributed by atoms with Gasteiger partial charge in [-0.05, 0) is 31.3 Å². The van der Waals surface area contributed by atoms with Gasteiger partial charge in [0.25, 0.3) is 5.91 Å². The van der Waals surface area contributed by atoms with Gasteiger partial charge in [-0.3, -0.25) is 25.8 Å². The molecule has 0 saturated carbocycles. The first kappa shape index (κ1) is 17.3. The Morgan fingerprint density at radius 2 is 1.82 bits per heavy atom. The van der Waals surface area contributed by atoms with Crippen LogP contribution in [0.3, 0.4) is 0 Å².